The maximum absolute atomic E-state index is 10.5. The molecule has 4 heteroatoms. The van der Waals surface area contributed by atoms with Crippen molar-refractivity contribution in [2.75, 3.05) is 19.8 Å². The molecule has 0 spiro atoms. The van der Waals surface area contributed by atoms with Gasteiger partial charge in [0.1, 0.15) is 0 Å². The van der Waals surface area contributed by atoms with E-state index in [1.54, 1.807) is 0 Å². The minimum Gasteiger partial charge on any atom is -0.480 e. The molecule has 1 aliphatic heterocycles. The highest BCUT2D eigenvalue weighted by molar-refractivity contribution is 5.69. The van der Waals surface area contributed by atoms with E-state index in [1.165, 1.54) is 0 Å². The Morgan fingerprint density at radius 1 is 1.67 bits per heavy atom. The molecule has 1 rings (SSSR count). The third-order valence-corrected chi connectivity index (χ3v) is 2.07. The molecule has 0 atom stereocenters. The Morgan fingerprint density at radius 2 is 2.25 bits per heavy atom. The molecule has 1 aliphatic rings. The number of aliphatic carboxylic acids is 1. The molecular weight excluding hydrogens is 158 g/mol. The summed E-state index contributed by atoms with van der Waals surface area (Å²) in [5.74, 6) is -0.768. The van der Waals surface area contributed by atoms with Crippen molar-refractivity contribution in [2.45, 2.75) is 25.9 Å². The minimum atomic E-state index is -0.768. The van der Waals surface area contributed by atoms with Crippen LogP contribution in [0.2, 0.25) is 0 Å². The van der Waals surface area contributed by atoms with E-state index in [2.05, 4.69) is 0 Å². The van der Waals surface area contributed by atoms with Crippen LogP contribution in [0.3, 0.4) is 0 Å². The summed E-state index contributed by atoms with van der Waals surface area (Å²) in [5.41, 5.74) is 0. The second-order valence-electron chi connectivity index (χ2n) is 3.35. The van der Waals surface area contributed by atoms with Crippen LogP contribution in [0.5, 0.6) is 0 Å². The van der Waals surface area contributed by atoms with Gasteiger partial charge in [0, 0.05) is 6.04 Å². The van der Waals surface area contributed by atoms with E-state index in [9.17, 15) is 4.79 Å². The first-order valence-corrected chi connectivity index (χ1v) is 4.16. The van der Waals surface area contributed by atoms with Crippen LogP contribution in [0.25, 0.3) is 0 Å². The van der Waals surface area contributed by atoms with Crippen molar-refractivity contribution < 1.29 is 14.6 Å². The minimum absolute atomic E-state index is 0.117. The number of carboxylic acids is 1. The Balaban J connectivity index is 2.42. The quantitative estimate of drug-likeness (QED) is 0.659. The first kappa shape index (κ1) is 9.48. The van der Waals surface area contributed by atoms with Crippen LogP contribution >= 0.6 is 0 Å². The standard InChI is InChI=1S/C8H15NO3/c1-6(2)9(3-8(10)11)7-4-12-5-7/h6-7H,3-5H2,1-2H3,(H,10,11). The maximum atomic E-state index is 10.5. The lowest BCUT2D eigenvalue weighted by Gasteiger charge is -2.38. The van der Waals surface area contributed by atoms with Gasteiger partial charge in [0.15, 0.2) is 0 Å². The van der Waals surface area contributed by atoms with Crippen LogP contribution < -0.4 is 0 Å². The number of rotatable bonds is 4. The first-order valence-electron chi connectivity index (χ1n) is 4.16. The Labute approximate surface area is 72.1 Å². The highest BCUT2D eigenvalue weighted by atomic mass is 16.5. The molecule has 1 fully saturated rings. The van der Waals surface area contributed by atoms with E-state index in [-0.39, 0.29) is 12.6 Å². The fourth-order valence-electron chi connectivity index (χ4n) is 1.30. The van der Waals surface area contributed by atoms with Gasteiger partial charge in [-0.25, -0.2) is 0 Å². The Kier molecular flexibility index (Phi) is 3.05. The van der Waals surface area contributed by atoms with Gasteiger partial charge in [0.05, 0.1) is 25.8 Å². The van der Waals surface area contributed by atoms with Gasteiger partial charge >= 0.3 is 5.97 Å². The summed E-state index contributed by atoms with van der Waals surface area (Å²) in [5, 5.41) is 8.62. The van der Waals surface area contributed by atoms with Crippen molar-refractivity contribution in [3.63, 3.8) is 0 Å². The third kappa shape index (κ3) is 2.19. The van der Waals surface area contributed by atoms with Gasteiger partial charge in [0.25, 0.3) is 0 Å². The molecule has 0 saturated carbocycles. The van der Waals surface area contributed by atoms with Crippen molar-refractivity contribution in [3.8, 4) is 0 Å². The van der Waals surface area contributed by atoms with Gasteiger partial charge in [-0.2, -0.15) is 0 Å². The number of hydrogen-bond acceptors (Lipinski definition) is 3. The molecule has 0 unspecified atom stereocenters. The van der Waals surface area contributed by atoms with Gasteiger partial charge in [-0.15, -0.1) is 0 Å². The molecule has 0 radical (unpaired) electrons. The average molecular weight is 173 g/mol. The lowest BCUT2D eigenvalue weighted by atomic mass is 10.1. The predicted molar refractivity (Wildman–Crippen MR) is 44.1 cm³/mol. The molecule has 1 saturated heterocycles. The Hall–Kier alpha value is -0.610. The third-order valence-electron chi connectivity index (χ3n) is 2.07. The molecule has 0 aromatic rings. The highest BCUT2D eigenvalue weighted by Gasteiger charge is 2.28. The van der Waals surface area contributed by atoms with E-state index in [0.29, 0.717) is 19.3 Å². The molecule has 4 nitrogen and oxygen atoms in total. The largest absolute Gasteiger partial charge is 0.480 e. The fraction of sp³-hybridized carbons (Fsp3) is 0.875. The van der Waals surface area contributed by atoms with Gasteiger partial charge in [-0.05, 0) is 13.8 Å². The summed E-state index contributed by atoms with van der Waals surface area (Å²) >= 11 is 0. The molecule has 0 aliphatic carbocycles. The molecule has 1 N–H and O–H groups in total. The van der Waals surface area contributed by atoms with Gasteiger partial charge in [0.2, 0.25) is 0 Å². The van der Waals surface area contributed by atoms with Crippen molar-refractivity contribution >= 4 is 5.97 Å². The van der Waals surface area contributed by atoms with Crippen LogP contribution in [0.15, 0.2) is 0 Å². The fourth-order valence-corrected chi connectivity index (χ4v) is 1.30. The van der Waals surface area contributed by atoms with Crippen LogP contribution in [-0.4, -0.2) is 47.8 Å². The molecular formula is C8H15NO3. The van der Waals surface area contributed by atoms with Crippen molar-refractivity contribution in [2.24, 2.45) is 0 Å². The number of hydrogen-bond donors (Lipinski definition) is 1. The van der Waals surface area contributed by atoms with E-state index >= 15 is 0 Å². The van der Waals surface area contributed by atoms with Crippen LogP contribution in [0, 0.1) is 0 Å². The van der Waals surface area contributed by atoms with Crippen molar-refractivity contribution in [1.82, 2.24) is 4.90 Å². The predicted octanol–water partition coefficient (Wildman–Crippen LogP) is 0.180. The molecule has 0 bridgehead atoms. The number of nitrogens with zero attached hydrogens (tertiary/aromatic N) is 1. The monoisotopic (exact) mass is 173 g/mol. The van der Waals surface area contributed by atoms with E-state index < -0.39 is 5.97 Å². The summed E-state index contributed by atoms with van der Waals surface area (Å²) in [6.45, 7) is 5.46. The summed E-state index contributed by atoms with van der Waals surface area (Å²) < 4.78 is 5.01. The number of ether oxygens (including phenoxy) is 1. The SMILES string of the molecule is CC(C)N(CC(=O)O)C1COC1. The zero-order chi connectivity index (χ0) is 9.14. The van der Waals surface area contributed by atoms with E-state index in [1.807, 2.05) is 18.7 Å². The normalized spacial score (nSPS) is 18.3. The summed E-state index contributed by atoms with van der Waals surface area (Å²) in [6.07, 6.45) is 0. The lowest BCUT2D eigenvalue weighted by molar-refractivity contribution is -0.143. The topological polar surface area (TPSA) is 49.8 Å². The molecule has 70 valence electrons. The molecule has 0 aromatic heterocycles. The Morgan fingerprint density at radius 3 is 2.50 bits per heavy atom. The van der Waals surface area contributed by atoms with Crippen molar-refractivity contribution in [3.05, 3.63) is 0 Å². The van der Waals surface area contributed by atoms with Gasteiger partial charge in [-0.1, -0.05) is 0 Å². The highest BCUT2D eigenvalue weighted by Crippen LogP contribution is 2.13. The van der Waals surface area contributed by atoms with Crippen LogP contribution in [0.4, 0.5) is 0 Å². The summed E-state index contributed by atoms with van der Waals surface area (Å²) in [4.78, 5) is 12.4. The number of carbonyl (C=O) groups is 1. The Bertz CT molecular complexity index is 166. The smallest absolute Gasteiger partial charge is 0.317 e. The average Bonchev–Trinajstić information content (AvgIpc) is 1.80. The van der Waals surface area contributed by atoms with E-state index in [4.69, 9.17) is 9.84 Å². The summed E-state index contributed by atoms with van der Waals surface area (Å²) in [7, 11) is 0. The molecule has 12 heavy (non-hydrogen) atoms. The second kappa shape index (κ2) is 3.87. The zero-order valence-electron chi connectivity index (χ0n) is 7.49. The zero-order valence-corrected chi connectivity index (χ0v) is 7.49. The lowest BCUT2D eigenvalue weighted by Crippen LogP contribution is -2.53. The second-order valence-corrected chi connectivity index (χ2v) is 3.35. The first-order chi connectivity index (χ1) is 5.61. The molecule has 0 aromatic carbocycles. The van der Waals surface area contributed by atoms with Gasteiger partial charge < -0.3 is 9.84 Å². The maximum Gasteiger partial charge on any atom is 0.317 e. The van der Waals surface area contributed by atoms with Crippen LogP contribution in [0.1, 0.15) is 13.8 Å². The van der Waals surface area contributed by atoms with E-state index in [0.717, 1.165) is 0 Å². The molecule has 1 heterocycles. The van der Waals surface area contributed by atoms with Crippen LogP contribution in [-0.2, 0) is 9.53 Å². The summed E-state index contributed by atoms with van der Waals surface area (Å²) in [6, 6.07) is 0.580. The molecule has 0 amide bonds. The number of carboxylic acid groups (broad SMARTS) is 1. The van der Waals surface area contributed by atoms with Gasteiger partial charge in [-0.3, -0.25) is 9.69 Å². The van der Waals surface area contributed by atoms with Crippen molar-refractivity contribution in [1.29, 1.82) is 0 Å².